The molecule has 2 rings (SSSR count). The normalized spacial score (nSPS) is 10.7. The number of aliphatic imine (C=N–C) groups is 1. The molecule has 0 spiro atoms. The summed E-state index contributed by atoms with van der Waals surface area (Å²) in [6, 6.07) is 13.6. The van der Waals surface area contributed by atoms with Crippen molar-refractivity contribution in [2.75, 3.05) is 26.2 Å². The van der Waals surface area contributed by atoms with Crippen LogP contribution in [0.25, 0.3) is 0 Å². The van der Waals surface area contributed by atoms with Gasteiger partial charge in [0.25, 0.3) is 0 Å². The van der Waals surface area contributed by atoms with Crippen LogP contribution in [0.1, 0.15) is 12.7 Å². The highest BCUT2D eigenvalue weighted by atomic mass is 127. The van der Waals surface area contributed by atoms with E-state index in [1.54, 1.807) is 6.26 Å². The van der Waals surface area contributed by atoms with E-state index >= 15 is 0 Å². The molecule has 0 saturated carbocycles. The average Bonchev–Trinajstić information content (AvgIpc) is 3.10. The van der Waals surface area contributed by atoms with Gasteiger partial charge in [-0.2, -0.15) is 0 Å². The van der Waals surface area contributed by atoms with Crippen molar-refractivity contribution >= 4 is 29.9 Å². The van der Waals surface area contributed by atoms with Gasteiger partial charge in [0.15, 0.2) is 5.96 Å². The molecule has 0 radical (unpaired) electrons. The Bertz CT molecular complexity index is 627. The minimum Gasteiger partial charge on any atom is -0.492 e. The Kier molecular flexibility index (Phi) is 10.5. The van der Waals surface area contributed by atoms with E-state index in [-0.39, 0.29) is 24.0 Å². The van der Waals surface area contributed by atoms with Crippen molar-refractivity contribution in [3.8, 4) is 5.75 Å². The van der Waals surface area contributed by atoms with Crippen LogP contribution in [0.4, 0.5) is 0 Å². The number of para-hydroxylation sites is 1. The van der Waals surface area contributed by atoms with Crippen molar-refractivity contribution in [2.45, 2.75) is 13.3 Å². The third kappa shape index (κ3) is 9.19. The van der Waals surface area contributed by atoms with Gasteiger partial charge in [0.2, 0.25) is 0 Å². The molecule has 0 amide bonds. The predicted octanol–water partition coefficient (Wildman–Crippen LogP) is 3.63. The number of furan rings is 1. The summed E-state index contributed by atoms with van der Waals surface area (Å²) in [5, 5.41) is 6.56. The lowest BCUT2D eigenvalue weighted by molar-refractivity contribution is 0.322. The average molecular weight is 455 g/mol. The fraction of sp³-hybridized carbons (Fsp3) is 0.316. The smallest absolute Gasteiger partial charge is 0.191 e. The summed E-state index contributed by atoms with van der Waals surface area (Å²) in [5.74, 6) is 2.57. The summed E-state index contributed by atoms with van der Waals surface area (Å²) in [5.41, 5.74) is 1.02. The maximum absolute atomic E-state index is 5.67. The Hall–Kier alpha value is -1.96. The van der Waals surface area contributed by atoms with Crippen LogP contribution in [0.3, 0.4) is 0 Å². The molecule has 1 aromatic heterocycles. The second-order valence-electron chi connectivity index (χ2n) is 5.47. The number of hydrogen-bond donors (Lipinski definition) is 2. The van der Waals surface area contributed by atoms with Crippen LogP contribution in [-0.4, -0.2) is 32.2 Å². The Labute approximate surface area is 166 Å². The molecule has 0 fully saturated rings. The summed E-state index contributed by atoms with van der Waals surface area (Å²) < 4.78 is 11.0. The van der Waals surface area contributed by atoms with Crippen molar-refractivity contribution in [3.63, 3.8) is 0 Å². The van der Waals surface area contributed by atoms with E-state index in [9.17, 15) is 0 Å². The number of halogens is 1. The van der Waals surface area contributed by atoms with Gasteiger partial charge in [0.1, 0.15) is 18.1 Å². The zero-order chi connectivity index (χ0) is 17.0. The summed E-state index contributed by atoms with van der Waals surface area (Å²) in [6.07, 6.45) is 2.49. The lowest BCUT2D eigenvalue weighted by Gasteiger charge is -2.13. The van der Waals surface area contributed by atoms with Crippen LogP contribution in [0, 0.1) is 0 Å². The van der Waals surface area contributed by atoms with Crippen molar-refractivity contribution in [3.05, 3.63) is 66.6 Å². The molecule has 0 bridgehead atoms. The van der Waals surface area contributed by atoms with Gasteiger partial charge in [-0.3, -0.25) is 0 Å². The number of hydrogen-bond acceptors (Lipinski definition) is 3. The molecule has 1 aromatic carbocycles. The number of guanidine groups is 1. The van der Waals surface area contributed by atoms with Gasteiger partial charge in [-0.1, -0.05) is 30.4 Å². The molecule has 136 valence electrons. The first-order valence-electron chi connectivity index (χ1n) is 8.11. The first-order valence-corrected chi connectivity index (χ1v) is 8.11. The van der Waals surface area contributed by atoms with Crippen molar-refractivity contribution < 1.29 is 9.15 Å². The van der Waals surface area contributed by atoms with E-state index < -0.39 is 0 Å². The van der Waals surface area contributed by atoms with E-state index in [0.29, 0.717) is 19.7 Å². The molecule has 2 N–H and O–H groups in total. The highest BCUT2D eigenvalue weighted by Crippen LogP contribution is 2.07. The Morgan fingerprint density at radius 2 is 1.88 bits per heavy atom. The van der Waals surface area contributed by atoms with E-state index in [1.165, 1.54) is 0 Å². The topological polar surface area (TPSA) is 58.8 Å². The van der Waals surface area contributed by atoms with Crippen LogP contribution in [0.15, 0.2) is 70.3 Å². The molecule has 5 nitrogen and oxygen atoms in total. The second kappa shape index (κ2) is 12.4. The van der Waals surface area contributed by atoms with Crippen molar-refractivity contribution in [1.82, 2.24) is 10.6 Å². The van der Waals surface area contributed by atoms with Gasteiger partial charge in [0.05, 0.1) is 19.4 Å². The van der Waals surface area contributed by atoms with Gasteiger partial charge in [-0.25, -0.2) is 4.99 Å². The number of nitrogens with zero attached hydrogens (tertiary/aromatic N) is 1. The van der Waals surface area contributed by atoms with Gasteiger partial charge in [-0.15, -0.1) is 24.0 Å². The summed E-state index contributed by atoms with van der Waals surface area (Å²) in [6.45, 7) is 8.41. The zero-order valence-electron chi connectivity index (χ0n) is 14.5. The van der Waals surface area contributed by atoms with Crippen LogP contribution >= 0.6 is 24.0 Å². The third-order valence-electron chi connectivity index (χ3n) is 3.16. The van der Waals surface area contributed by atoms with Gasteiger partial charge < -0.3 is 19.8 Å². The Morgan fingerprint density at radius 1 is 1.12 bits per heavy atom. The number of ether oxygens (including phenoxy) is 1. The Morgan fingerprint density at radius 3 is 2.56 bits per heavy atom. The van der Waals surface area contributed by atoms with E-state index in [0.717, 1.165) is 36.0 Å². The predicted molar refractivity (Wildman–Crippen MR) is 113 cm³/mol. The maximum atomic E-state index is 5.67. The SMILES string of the molecule is C=C(C)CN=C(NCCOc1ccccc1)NCCc1ccco1.I. The Balaban J connectivity index is 0.00000312. The van der Waals surface area contributed by atoms with Gasteiger partial charge in [0, 0.05) is 13.0 Å². The first kappa shape index (κ1) is 21.1. The van der Waals surface area contributed by atoms with Crippen LogP contribution in [0.5, 0.6) is 5.75 Å². The minimum atomic E-state index is 0. The molecule has 2 aromatic rings. The number of rotatable bonds is 9. The molecule has 1 heterocycles. The highest BCUT2D eigenvalue weighted by Gasteiger charge is 2.01. The summed E-state index contributed by atoms with van der Waals surface area (Å²) >= 11 is 0. The standard InChI is InChI=1S/C19H25N3O2.HI/c1-16(2)15-22-19(20-11-10-18-9-6-13-23-18)21-12-14-24-17-7-4-3-5-8-17;/h3-9,13H,1,10-12,14-15H2,2H3,(H2,20,21,22);1H. The van der Waals surface area contributed by atoms with Gasteiger partial charge >= 0.3 is 0 Å². The molecule has 0 unspecified atom stereocenters. The van der Waals surface area contributed by atoms with Crippen LogP contribution in [0.2, 0.25) is 0 Å². The van der Waals surface area contributed by atoms with E-state index in [2.05, 4.69) is 22.2 Å². The van der Waals surface area contributed by atoms with Crippen LogP contribution < -0.4 is 15.4 Å². The lowest BCUT2D eigenvalue weighted by atomic mass is 10.3. The molecule has 0 aliphatic carbocycles. The monoisotopic (exact) mass is 455 g/mol. The molecular weight excluding hydrogens is 429 g/mol. The zero-order valence-corrected chi connectivity index (χ0v) is 16.9. The quantitative estimate of drug-likeness (QED) is 0.199. The molecule has 6 heteroatoms. The van der Waals surface area contributed by atoms with Crippen LogP contribution in [-0.2, 0) is 6.42 Å². The highest BCUT2D eigenvalue weighted by molar-refractivity contribution is 14.0. The molecular formula is C19H26IN3O2. The second-order valence-corrected chi connectivity index (χ2v) is 5.47. The molecule has 0 atom stereocenters. The number of nitrogens with one attached hydrogen (secondary N) is 2. The van der Waals surface area contributed by atoms with Gasteiger partial charge in [-0.05, 0) is 31.2 Å². The largest absolute Gasteiger partial charge is 0.492 e. The molecule has 0 aliphatic heterocycles. The van der Waals surface area contributed by atoms with E-state index in [1.807, 2.05) is 49.4 Å². The lowest BCUT2D eigenvalue weighted by Crippen LogP contribution is -2.40. The fourth-order valence-corrected chi connectivity index (χ4v) is 2.00. The van der Waals surface area contributed by atoms with E-state index in [4.69, 9.17) is 9.15 Å². The minimum absolute atomic E-state index is 0. The van der Waals surface area contributed by atoms with Crippen molar-refractivity contribution in [1.29, 1.82) is 0 Å². The number of benzene rings is 1. The summed E-state index contributed by atoms with van der Waals surface area (Å²) in [7, 11) is 0. The summed E-state index contributed by atoms with van der Waals surface area (Å²) in [4.78, 5) is 4.50. The third-order valence-corrected chi connectivity index (χ3v) is 3.16. The fourth-order valence-electron chi connectivity index (χ4n) is 2.00. The first-order chi connectivity index (χ1) is 11.7. The van der Waals surface area contributed by atoms with Crippen molar-refractivity contribution in [2.24, 2.45) is 4.99 Å². The molecule has 25 heavy (non-hydrogen) atoms. The molecule has 0 saturated heterocycles. The maximum Gasteiger partial charge on any atom is 0.191 e. The molecule has 0 aliphatic rings.